The summed E-state index contributed by atoms with van der Waals surface area (Å²) in [4.78, 5) is 19.3. The van der Waals surface area contributed by atoms with E-state index >= 15 is 0 Å². The average molecular weight is 386 g/mol. The van der Waals surface area contributed by atoms with Gasteiger partial charge in [-0.3, -0.25) is 14.7 Å². The first kappa shape index (κ1) is 19.3. The standard InChI is InChI=1S/C25H27N3O/c29-25(27-17-20-7-2-1-3-8-20)21-12-15-28(16-13-21)19-23-9-4-5-11-24(23)22-10-6-14-26-18-22/h1-11,14,18,21H,12-13,15-17,19H2,(H,27,29). The van der Waals surface area contributed by atoms with E-state index in [2.05, 4.69) is 45.5 Å². The molecule has 1 N–H and O–H groups in total. The number of piperidine rings is 1. The summed E-state index contributed by atoms with van der Waals surface area (Å²) in [5, 5.41) is 3.10. The Bertz CT molecular complexity index is 919. The highest BCUT2D eigenvalue weighted by Crippen LogP contribution is 2.26. The Labute approximate surface area is 172 Å². The van der Waals surface area contributed by atoms with Gasteiger partial charge in [0.1, 0.15) is 0 Å². The second kappa shape index (κ2) is 9.48. The van der Waals surface area contributed by atoms with E-state index in [0.29, 0.717) is 6.54 Å². The van der Waals surface area contributed by atoms with Crippen LogP contribution < -0.4 is 5.32 Å². The molecule has 4 heteroatoms. The van der Waals surface area contributed by atoms with Crippen LogP contribution in [0.5, 0.6) is 0 Å². The molecule has 0 atom stereocenters. The fourth-order valence-electron chi connectivity index (χ4n) is 3.99. The summed E-state index contributed by atoms with van der Waals surface area (Å²) in [5.41, 5.74) is 4.85. The lowest BCUT2D eigenvalue weighted by Crippen LogP contribution is -2.40. The fraction of sp³-hybridized carbons (Fsp3) is 0.280. The molecule has 2 heterocycles. The van der Waals surface area contributed by atoms with Crippen LogP contribution in [0.25, 0.3) is 11.1 Å². The molecule has 1 aliphatic heterocycles. The molecule has 3 aromatic rings. The predicted molar refractivity (Wildman–Crippen MR) is 116 cm³/mol. The zero-order valence-electron chi connectivity index (χ0n) is 16.6. The molecule has 4 nitrogen and oxygen atoms in total. The van der Waals surface area contributed by atoms with Crippen molar-refractivity contribution in [2.45, 2.75) is 25.9 Å². The topological polar surface area (TPSA) is 45.2 Å². The van der Waals surface area contributed by atoms with Gasteiger partial charge in [-0.1, -0.05) is 60.7 Å². The molecule has 4 rings (SSSR count). The molecule has 1 fully saturated rings. The minimum Gasteiger partial charge on any atom is -0.352 e. The van der Waals surface area contributed by atoms with E-state index in [1.54, 1.807) is 6.20 Å². The molecule has 0 bridgehead atoms. The smallest absolute Gasteiger partial charge is 0.223 e. The first-order chi connectivity index (χ1) is 14.3. The highest BCUT2D eigenvalue weighted by Gasteiger charge is 2.25. The van der Waals surface area contributed by atoms with Gasteiger partial charge in [0.25, 0.3) is 0 Å². The second-order valence-electron chi connectivity index (χ2n) is 7.65. The molecule has 0 unspecified atom stereocenters. The number of carbonyl (C=O) groups is 1. The lowest BCUT2D eigenvalue weighted by atomic mass is 9.94. The van der Waals surface area contributed by atoms with Crippen LogP contribution in [-0.4, -0.2) is 28.9 Å². The molecule has 1 aromatic heterocycles. The zero-order chi connectivity index (χ0) is 19.9. The van der Waals surface area contributed by atoms with Gasteiger partial charge >= 0.3 is 0 Å². The third-order valence-corrected chi connectivity index (χ3v) is 5.65. The van der Waals surface area contributed by atoms with E-state index in [0.717, 1.165) is 43.6 Å². The normalized spacial score (nSPS) is 15.2. The first-order valence-corrected chi connectivity index (χ1v) is 10.3. The maximum absolute atomic E-state index is 12.5. The average Bonchev–Trinajstić information content (AvgIpc) is 2.80. The molecule has 0 spiro atoms. The monoisotopic (exact) mass is 385 g/mol. The van der Waals surface area contributed by atoms with E-state index in [9.17, 15) is 4.79 Å². The number of nitrogens with zero attached hydrogens (tertiary/aromatic N) is 2. The molecular weight excluding hydrogens is 358 g/mol. The lowest BCUT2D eigenvalue weighted by molar-refractivity contribution is -0.126. The number of rotatable bonds is 6. The predicted octanol–water partition coefficient (Wildman–Crippen LogP) is 4.28. The van der Waals surface area contributed by atoms with Gasteiger partial charge in [-0.05, 0) is 48.7 Å². The van der Waals surface area contributed by atoms with Crippen LogP contribution >= 0.6 is 0 Å². The van der Waals surface area contributed by atoms with Crippen LogP contribution in [0.15, 0.2) is 79.1 Å². The maximum Gasteiger partial charge on any atom is 0.223 e. The van der Waals surface area contributed by atoms with E-state index in [4.69, 9.17) is 0 Å². The molecule has 29 heavy (non-hydrogen) atoms. The van der Waals surface area contributed by atoms with E-state index in [-0.39, 0.29) is 11.8 Å². The van der Waals surface area contributed by atoms with Crippen molar-refractivity contribution in [3.05, 3.63) is 90.3 Å². The van der Waals surface area contributed by atoms with Crippen LogP contribution in [-0.2, 0) is 17.9 Å². The van der Waals surface area contributed by atoms with Crippen molar-refractivity contribution in [1.29, 1.82) is 0 Å². The minimum atomic E-state index is 0.114. The van der Waals surface area contributed by atoms with E-state index < -0.39 is 0 Å². The van der Waals surface area contributed by atoms with Crippen molar-refractivity contribution >= 4 is 5.91 Å². The molecule has 1 amide bonds. The third-order valence-electron chi connectivity index (χ3n) is 5.65. The van der Waals surface area contributed by atoms with Crippen molar-refractivity contribution in [2.75, 3.05) is 13.1 Å². The van der Waals surface area contributed by atoms with Gasteiger partial charge in [0.15, 0.2) is 0 Å². The van der Waals surface area contributed by atoms with Crippen molar-refractivity contribution < 1.29 is 4.79 Å². The largest absolute Gasteiger partial charge is 0.352 e. The van der Waals surface area contributed by atoms with Gasteiger partial charge in [0.05, 0.1) is 0 Å². The van der Waals surface area contributed by atoms with Gasteiger partial charge in [-0.2, -0.15) is 0 Å². The highest BCUT2D eigenvalue weighted by molar-refractivity contribution is 5.78. The number of carbonyl (C=O) groups excluding carboxylic acids is 1. The van der Waals surface area contributed by atoms with Gasteiger partial charge in [-0.15, -0.1) is 0 Å². The summed E-state index contributed by atoms with van der Waals surface area (Å²) in [6.07, 6.45) is 5.55. The van der Waals surface area contributed by atoms with E-state index in [1.165, 1.54) is 11.1 Å². The minimum absolute atomic E-state index is 0.114. The number of pyridine rings is 1. The molecule has 1 saturated heterocycles. The molecule has 148 valence electrons. The Morgan fingerprint density at radius 3 is 2.48 bits per heavy atom. The number of hydrogen-bond acceptors (Lipinski definition) is 3. The zero-order valence-corrected chi connectivity index (χ0v) is 16.6. The molecule has 2 aromatic carbocycles. The van der Waals surface area contributed by atoms with Gasteiger partial charge < -0.3 is 5.32 Å². The number of aromatic nitrogens is 1. The van der Waals surface area contributed by atoms with Crippen molar-refractivity contribution in [3.8, 4) is 11.1 Å². The quantitative estimate of drug-likeness (QED) is 0.689. The number of nitrogens with one attached hydrogen (secondary N) is 1. The summed E-state index contributed by atoms with van der Waals surface area (Å²) in [6.45, 7) is 3.41. The molecular formula is C25H27N3O. The highest BCUT2D eigenvalue weighted by atomic mass is 16.1. The van der Waals surface area contributed by atoms with Crippen molar-refractivity contribution in [3.63, 3.8) is 0 Å². The Balaban J connectivity index is 1.31. The maximum atomic E-state index is 12.5. The van der Waals surface area contributed by atoms with Crippen LogP contribution in [0.1, 0.15) is 24.0 Å². The number of hydrogen-bond donors (Lipinski definition) is 1. The summed E-state index contributed by atoms with van der Waals surface area (Å²) in [7, 11) is 0. The van der Waals surface area contributed by atoms with E-state index in [1.807, 2.05) is 42.6 Å². The Morgan fingerprint density at radius 1 is 0.966 bits per heavy atom. The first-order valence-electron chi connectivity index (χ1n) is 10.3. The van der Waals surface area contributed by atoms with Crippen LogP contribution in [0.3, 0.4) is 0 Å². The summed E-state index contributed by atoms with van der Waals surface area (Å²) < 4.78 is 0. The molecule has 0 radical (unpaired) electrons. The third kappa shape index (κ3) is 5.09. The molecule has 0 aliphatic carbocycles. The fourth-order valence-corrected chi connectivity index (χ4v) is 3.99. The second-order valence-corrected chi connectivity index (χ2v) is 7.65. The van der Waals surface area contributed by atoms with Gasteiger partial charge in [-0.25, -0.2) is 0 Å². The number of amides is 1. The summed E-state index contributed by atoms with van der Waals surface area (Å²) >= 11 is 0. The number of benzene rings is 2. The Kier molecular flexibility index (Phi) is 6.32. The SMILES string of the molecule is O=C(NCc1ccccc1)C1CCN(Cc2ccccc2-c2cccnc2)CC1. The van der Waals surface area contributed by atoms with Crippen LogP contribution in [0.4, 0.5) is 0 Å². The number of likely N-dealkylation sites (tertiary alicyclic amines) is 1. The van der Waals surface area contributed by atoms with Crippen molar-refractivity contribution in [1.82, 2.24) is 15.2 Å². The lowest BCUT2D eigenvalue weighted by Gasteiger charge is -2.31. The van der Waals surface area contributed by atoms with Crippen LogP contribution in [0.2, 0.25) is 0 Å². The van der Waals surface area contributed by atoms with Gasteiger partial charge in [0.2, 0.25) is 5.91 Å². The van der Waals surface area contributed by atoms with Crippen molar-refractivity contribution in [2.24, 2.45) is 5.92 Å². The summed E-state index contributed by atoms with van der Waals surface area (Å²) in [6, 6.07) is 22.7. The van der Waals surface area contributed by atoms with Gasteiger partial charge in [0, 0.05) is 37.0 Å². The Morgan fingerprint density at radius 2 is 1.72 bits per heavy atom. The summed E-state index contributed by atoms with van der Waals surface area (Å²) in [5.74, 6) is 0.299. The Hall–Kier alpha value is -2.98. The molecule has 0 saturated carbocycles. The molecule has 1 aliphatic rings. The van der Waals surface area contributed by atoms with Crippen LogP contribution in [0, 0.1) is 5.92 Å².